The van der Waals surface area contributed by atoms with Gasteiger partial charge in [0.05, 0.1) is 0 Å². The minimum atomic E-state index is -0.770. The van der Waals surface area contributed by atoms with Gasteiger partial charge < -0.3 is 14.2 Å². The molecule has 0 amide bonds. The van der Waals surface area contributed by atoms with Gasteiger partial charge >= 0.3 is 17.9 Å². The Bertz CT molecular complexity index is 1230. The highest BCUT2D eigenvalue weighted by Crippen LogP contribution is 2.18. The van der Waals surface area contributed by atoms with E-state index < -0.39 is 6.10 Å². The quantitative estimate of drug-likeness (QED) is 0.0261. The number of unbranched alkanes of at least 4 members (excludes halogenated alkanes) is 49. The van der Waals surface area contributed by atoms with E-state index >= 15 is 0 Å². The average Bonchev–Trinajstić information content (AvgIpc) is 3.42. The van der Waals surface area contributed by atoms with Gasteiger partial charge in [0.1, 0.15) is 13.2 Å². The summed E-state index contributed by atoms with van der Waals surface area (Å²) in [6.45, 7) is 6.71. The minimum absolute atomic E-state index is 0.0664. The van der Waals surface area contributed by atoms with E-state index in [4.69, 9.17) is 14.2 Å². The smallest absolute Gasteiger partial charge is 0.306 e. The molecule has 6 nitrogen and oxygen atoms in total. The standard InChI is InChI=1S/C70H132O6/c1-4-7-10-13-16-19-22-25-28-30-32-34-36-37-39-42-45-48-51-54-57-60-63-69(72)75-66-67(65-74-68(71)62-59-56-53-50-47-44-41-27-24-21-18-15-12-9-6-3)76-70(73)64-61-58-55-52-49-46-43-40-38-35-33-31-29-26-23-20-17-14-11-8-5-2/h23,26,31,33,67H,4-22,24-25,27-30,32,34-66H2,1-3H3/b26-23-,33-31-. The molecule has 0 aliphatic rings. The monoisotopic (exact) mass is 1070 g/mol. The second-order valence-electron chi connectivity index (χ2n) is 23.5. The topological polar surface area (TPSA) is 78.9 Å². The molecule has 0 rings (SSSR count). The van der Waals surface area contributed by atoms with Gasteiger partial charge in [0.2, 0.25) is 0 Å². The Morgan fingerprint density at radius 1 is 0.263 bits per heavy atom. The Labute approximate surface area is 474 Å². The summed E-state index contributed by atoms with van der Waals surface area (Å²) in [5, 5.41) is 0. The van der Waals surface area contributed by atoms with Crippen molar-refractivity contribution in [2.75, 3.05) is 13.2 Å². The predicted octanol–water partition coefficient (Wildman–Crippen LogP) is 23.4. The van der Waals surface area contributed by atoms with Crippen LogP contribution in [-0.2, 0) is 28.6 Å². The molecule has 0 saturated heterocycles. The fraction of sp³-hybridized carbons (Fsp3) is 0.900. The van der Waals surface area contributed by atoms with Gasteiger partial charge in [-0.1, -0.05) is 340 Å². The first kappa shape index (κ1) is 73.9. The highest BCUT2D eigenvalue weighted by atomic mass is 16.6. The molecule has 0 bridgehead atoms. The van der Waals surface area contributed by atoms with E-state index in [1.54, 1.807) is 0 Å². The highest BCUT2D eigenvalue weighted by molar-refractivity contribution is 5.71. The van der Waals surface area contributed by atoms with E-state index in [1.807, 2.05) is 0 Å². The van der Waals surface area contributed by atoms with Gasteiger partial charge in [-0.05, 0) is 51.4 Å². The van der Waals surface area contributed by atoms with Gasteiger partial charge in [0.25, 0.3) is 0 Å². The van der Waals surface area contributed by atoms with Crippen LogP contribution < -0.4 is 0 Å². The lowest BCUT2D eigenvalue weighted by Gasteiger charge is -2.18. The lowest BCUT2D eigenvalue weighted by molar-refractivity contribution is -0.167. The molecule has 0 fully saturated rings. The summed E-state index contributed by atoms with van der Waals surface area (Å²) in [6, 6.07) is 0. The van der Waals surface area contributed by atoms with Crippen molar-refractivity contribution in [2.45, 2.75) is 393 Å². The number of esters is 3. The molecule has 1 atom stereocenters. The molecule has 6 heteroatoms. The summed E-state index contributed by atoms with van der Waals surface area (Å²) in [4.78, 5) is 38.4. The molecule has 0 aliphatic carbocycles. The lowest BCUT2D eigenvalue weighted by atomic mass is 10.0. The van der Waals surface area contributed by atoms with E-state index in [9.17, 15) is 14.4 Å². The number of ether oxygens (including phenoxy) is 3. The second-order valence-corrected chi connectivity index (χ2v) is 23.5. The maximum Gasteiger partial charge on any atom is 0.306 e. The van der Waals surface area contributed by atoms with E-state index in [0.717, 1.165) is 64.2 Å². The van der Waals surface area contributed by atoms with Gasteiger partial charge in [-0.15, -0.1) is 0 Å². The van der Waals surface area contributed by atoms with Crippen LogP contribution in [0.2, 0.25) is 0 Å². The van der Waals surface area contributed by atoms with Crippen molar-refractivity contribution in [3.05, 3.63) is 24.3 Å². The molecule has 0 saturated carbocycles. The van der Waals surface area contributed by atoms with Crippen LogP contribution >= 0.6 is 0 Å². The number of allylic oxidation sites excluding steroid dienone is 4. The van der Waals surface area contributed by atoms with Crippen molar-refractivity contribution in [3.8, 4) is 0 Å². The highest BCUT2D eigenvalue weighted by Gasteiger charge is 2.19. The molecular formula is C70H132O6. The van der Waals surface area contributed by atoms with Crippen LogP contribution in [-0.4, -0.2) is 37.2 Å². The first-order valence-electron chi connectivity index (χ1n) is 34.3. The fourth-order valence-electron chi connectivity index (χ4n) is 10.5. The van der Waals surface area contributed by atoms with Crippen LogP contribution in [0, 0.1) is 0 Å². The third kappa shape index (κ3) is 62.7. The third-order valence-electron chi connectivity index (χ3n) is 15.7. The Kier molecular flexibility index (Phi) is 63.6. The fourth-order valence-corrected chi connectivity index (χ4v) is 10.5. The molecule has 448 valence electrons. The lowest BCUT2D eigenvalue weighted by Crippen LogP contribution is -2.30. The molecule has 0 N–H and O–H groups in total. The zero-order valence-electron chi connectivity index (χ0n) is 51.6. The van der Waals surface area contributed by atoms with Gasteiger partial charge in [-0.3, -0.25) is 14.4 Å². The number of hydrogen-bond donors (Lipinski definition) is 0. The maximum absolute atomic E-state index is 12.9. The molecule has 0 heterocycles. The Morgan fingerprint density at radius 2 is 0.474 bits per heavy atom. The van der Waals surface area contributed by atoms with Crippen LogP contribution in [0.3, 0.4) is 0 Å². The maximum atomic E-state index is 12.9. The van der Waals surface area contributed by atoms with Crippen molar-refractivity contribution in [3.63, 3.8) is 0 Å². The molecule has 0 radical (unpaired) electrons. The molecule has 0 aromatic carbocycles. The van der Waals surface area contributed by atoms with E-state index in [-0.39, 0.29) is 31.1 Å². The number of carbonyl (C=O) groups excluding carboxylic acids is 3. The molecule has 0 aromatic rings. The van der Waals surface area contributed by atoms with Crippen LogP contribution in [0.5, 0.6) is 0 Å². The zero-order valence-corrected chi connectivity index (χ0v) is 51.6. The van der Waals surface area contributed by atoms with Gasteiger partial charge in [0, 0.05) is 19.3 Å². The van der Waals surface area contributed by atoms with E-state index in [0.29, 0.717) is 19.3 Å². The van der Waals surface area contributed by atoms with Crippen LogP contribution in [0.15, 0.2) is 24.3 Å². The zero-order chi connectivity index (χ0) is 55.0. The van der Waals surface area contributed by atoms with Gasteiger partial charge in [-0.25, -0.2) is 0 Å². The molecular weight excluding hydrogens is 937 g/mol. The minimum Gasteiger partial charge on any atom is -0.462 e. The van der Waals surface area contributed by atoms with Crippen molar-refractivity contribution >= 4 is 17.9 Å². The molecule has 0 aromatic heterocycles. The molecule has 0 aliphatic heterocycles. The first-order chi connectivity index (χ1) is 37.5. The van der Waals surface area contributed by atoms with E-state index in [1.165, 1.54) is 283 Å². The summed E-state index contributed by atoms with van der Waals surface area (Å²) in [5.74, 6) is -0.838. The Balaban J connectivity index is 4.28. The van der Waals surface area contributed by atoms with E-state index in [2.05, 4.69) is 45.1 Å². The number of rotatable bonds is 64. The van der Waals surface area contributed by atoms with Crippen LogP contribution in [0.1, 0.15) is 387 Å². The third-order valence-corrected chi connectivity index (χ3v) is 15.7. The van der Waals surface area contributed by atoms with Crippen molar-refractivity contribution in [1.29, 1.82) is 0 Å². The predicted molar refractivity (Wildman–Crippen MR) is 330 cm³/mol. The average molecular weight is 1070 g/mol. The van der Waals surface area contributed by atoms with Crippen molar-refractivity contribution < 1.29 is 28.6 Å². The molecule has 0 spiro atoms. The summed E-state index contributed by atoms with van der Waals surface area (Å²) >= 11 is 0. The van der Waals surface area contributed by atoms with Gasteiger partial charge in [-0.2, -0.15) is 0 Å². The van der Waals surface area contributed by atoms with Crippen molar-refractivity contribution in [2.24, 2.45) is 0 Å². The number of carbonyl (C=O) groups is 3. The summed E-state index contributed by atoms with van der Waals surface area (Å²) in [6.07, 6.45) is 79.1. The second kappa shape index (κ2) is 65.4. The summed E-state index contributed by atoms with van der Waals surface area (Å²) in [7, 11) is 0. The van der Waals surface area contributed by atoms with Crippen molar-refractivity contribution in [1.82, 2.24) is 0 Å². The Morgan fingerprint density at radius 3 is 0.724 bits per heavy atom. The molecule has 1 unspecified atom stereocenters. The summed E-state index contributed by atoms with van der Waals surface area (Å²) < 4.78 is 17.0. The Hall–Kier alpha value is -2.11. The number of hydrogen-bond acceptors (Lipinski definition) is 6. The van der Waals surface area contributed by atoms with Gasteiger partial charge in [0.15, 0.2) is 6.10 Å². The van der Waals surface area contributed by atoms with Crippen LogP contribution in [0.4, 0.5) is 0 Å². The summed E-state index contributed by atoms with van der Waals surface area (Å²) in [5.41, 5.74) is 0. The largest absolute Gasteiger partial charge is 0.462 e. The van der Waals surface area contributed by atoms with Crippen LogP contribution in [0.25, 0.3) is 0 Å². The SMILES string of the molecule is CCCCCCC/C=C\C/C=C\CCCCCCCCCCCC(=O)OC(COC(=O)CCCCCCCCCCCCCCCCC)COC(=O)CCCCCCCCCCCCCCCCCCCCCCCC. The normalized spacial score (nSPS) is 12.1. The first-order valence-corrected chi connectivity index (χ1v) is 34.3. The molecule has 76 heavy (non-hydrogen) atoms.